The fourth-order valence-electron chi connectivity index (χ4n) is 4.22. The second-order valence-corrected chi connectivity index (χ2v) is 9.81. The summed E-state index contributed by atoms with van der Waals surface area (Å²) in [6.45, 7) is 1.24. The minimum Gasteiger partial charge on any atom is -0.406 e. The first-order valence-electron chi connectivity index (χ1n) is 11.7. The molecule has 8 nitrogen and oxygen atoms in total. The third-order valence-corrected chi connectivity index (χ3v) is 6.71. The Kier molecular flexibility index (Phi) is 7.26. The number of ether oxygens (including phenoxy) is 1. The lowest BCUT2D eigenvalue weighted by molar-refractivity contribution is -0.274. The predicted molar refractivity (Wildman–Crippen MR) is 134 cm³/mol. The smallest absolute Gasteiger partial charge is 0.406 e. The lowest BCUT2D eigenvalue weighted by Crippen LogP contribution is -2.17. The Morgan fingerprint density at radius 1 is 0.881 bits per heavy atom. The van der Waals surface area contributed by atoms with Gasteiger partial charge in [0, 0.05) is 11.8 Å². The molecular weight excluding hydrogens is 595 g/mol. The summed E-state index contributed by atoms with van der Waals surface area (Å²) in [4.78, 5) is 3.45. The highest BCUT2D eigenvalue weighted by molar-refractivity contribution is 7.72. The molecule has 42 heavy (non-hydrogen) atoms. The van der Waals surface area contributed by atoms with Crippen LogP contribution in [0.5, 0.6) is 5.75 Å². The molecule has 0 spiro atoms. The molecule has 0 aliphatic heterocycles. The van der Waals surface area contributed by atoms with Gasteiger partial charge in [0.05, 0.1) is 22.5 Å². The number of benzene rings is 3. The van der Waals surface area contributed by atoms with Gasteiger partial charge in [-0.1, -0.05) is 17.3 Å². The highest BCUT2D eigenvalue weighted by atomic mass is 32.2. The first-order chi connectivity index (χ1) is 19.7. The highest BCUT2D eigenvalue weighted by Crippen LogP contribution is 2.36. The number of aryl methyl sites for hydroxylation is 1. The van der Waals surface area contributed by atoms with Gasteiger partial charge in [0.2, 0.25) is 0 Å². The van der Waals surface area contributed by atoms with Crippen LogP contribution in [-0.4, -0.2) is 39.3 Å². The fourth-order valence-corrected chi connectivity index (χ4v) is 4.68. The molecule has 2 heterocycles. The van der Waals surface area contributed by atoms with Crippen LogP contribution in [0.2, 0.25) is 0 Å². The molecule has 0 saturated carbocycles. The van der Waals surface area contributed by atoms with Crippen LogP contribution in [0.4, 0.5) is 30.7 Å². The average Bonchev–Trinajstić information content (AvgIpc) is 3.55. The Labute approximate surface area is 233 Å². The maximum atomic E-state index is 15.9. The summed E-state index contributed by atoms with van der Waals surface area (Å²) in [6.07, 6.45) is -7.93. The topological polar surface area (TPSA) is 91.9 Å². The van der Waals surface area contributed by atoms with Crippen molar-refractivity contribution in [2.45, 2.75) is 24.4 Å². The van der Waals surface area contributed by atoms with Gasteiger partial charge in [-0.2, -0.15) is 13.2 Å². The van der Waals surface area contributed by atoms with Gasteiger partial charge in [0.25, 0.3) is 0 Å². The van der Waals surface area contributed by atoms with Gasteiger partial charge in [-0.05, 0) is 66.6 Å². The average molecular weight is 611 g/mol. The minimum atomic E-state index is -4.92. The van der Waals surface area contributed by atoms with Gasteiger partial charge < -0.3 is 4.74 Å². The molecule has 0 radical (unpaired) electrons. The Morgan fingerprint density at radius 3 is 2.21 bits per heavy atom. The first kappa shape index (κ1) is 28.8. The zero-order valence-electron chi connectivity index (χ0n) is 21.0. The molecule has 0 unspecified atom stereocenters. The monoisotopic (exact) mass is 611 g/mol. The summed E-state index contributed by atoms with van der Waals surface area (Å²) in [6, 6.07) is 12.5. The van der Waals surface area contributed by atoms with Crippen molar-refractivity contribution in [3.63, 3.8) is 0 Å². The van der Waals surface area contributed by atoms with E-state index in [1.54, 1.807) is 0 Å². The Bertz CT molecular complexity index is 1850. The third-order valence-electron chi connectivity index (χ3n) is 6.01. The van der Waals surface area contributed by atoms with E-state index in [0.29, 0.717) is 6.20 Å². The van der Waals surface area contributed by atoms with Gasteiger partial charge in [-0.3, -0.25) is 4.57 Å². The molecule has 0 bridgehead atoms. The number of imidazole rings is 1. The van der Waals surface area contributed by atoms with Gasteiger partial charge in [-0.25, -0.2) is 22.5 Å². The fraction of sp³-hybridized carbons (Fsp3) is 0.115. The second kappa shape index (κ2) is 10.6. The third kappa shape index (κ3) is 5.83. The number of hydrogen-bond donors (Lipinski definition) is 1. The van der Waals surface area contributed by atoms with Crippen molar-refractivity contribution in [2.75, 3.05) is 0 Å². The molecule has 16 heteroatoms. The van der Waals surface area contributed by atoms with E-state index >= 15 is 4.39 Å². The summed E-state index contributed by atoms with van der Waals surface area (Å²) in [5.41, 5.74) is -0.985. The largest absolute Gasteiger partial charge is 0.573 e. The van der Waals surface area contributed by atoms with Crippen LogP contribution in [-0.2, 0) is 16.9 Å². The van der Waals surface area contributed by atoms with Gasteiger partial charge in [0.1, 0.15) is 23.1 Å². The molecule has 0 saturated heterocycles. The van der Waals surface area contributed by atoms with Crippen LogP contribution in [0.1, 0.15) is 11.5 Å². The standard InChI is InChI=1S/C26H16F7N5O3S/c1-14-35-23(25(28,29)30)13-37(14)24-20(27)10-17(16-3-2-4-19(9-16)42(39)40)11-21(24)38-22(12-34-36-38)15-5-7-18(8-6-15)41-26(31,32)33/h2-13,42H,1H3. The maximum Gasteiger partial charge on any atom is 0.573 e. The van der Waals surface area contributed by atoms with Crippen molar-refractivity contribution in [1.29, 1.82) is 0 Å². The molecular formula is C26H16F7N5O3S. The van der Waals surface area contributed by atoms with Crippen molar-refractivity contribution in [1.82, 2.24) is 24.5 Å². The van der Waals surface area contributed by atoms with E-state index in [4.69, 9.17) is 0 Å². The van der Waals surface area contributed by atoms with Crippen molar-refractivity contribution >= 4 is 10.7 Å². The number of nitrogens with zero attached hydrogens (tertiary/aromatic N) is 5. The van der Waals surface area contributed by atoms with E-state index in [1.807, 2.05) is 0 Å². The molecule has 0 aliphatic carbocycles. The second-order valence-electron chi connectivity index (χ2n) is 8.78. The molecule has 0 amide bonds. The summed E-state index contributed by atoms with van der Waals surface area (Å²) in [5.74, 6) is -1.73. The number of alkyl halides is 6. The molecule has 0 atom stereocenters. The normalized spacial score (nSPS) is 12.2. The molecule has 0 N–H and O–H groups in total. The maximum absolute atomic E-state index is 15.9. The van der Waals surface area contributed by atoms with Crippen molar-refractivity contribution in [3.05, 3.63) is 90.4 Å². The summed E-state index contributed by atoms with van der Waals surface area (Å²) in [7, 11) is -2.98. The summed E-state index contributed by atoms with van der Waals surface area (Å²) >= 11 is 0. The van der Waals surface area contributed by atoms with Crippen LogP contribution in [0.25, 0.3) is 33.8 Å². The highest BCUT2D eigenvalue weighted by Gasteiger charge is 2.35. The summed E-state index contributed by atoms with van der Waals surface area (Å²) in [5, 5.41) is 7.80. The van der Waals surface area contributed by atoms with E-state index in [9.17, 15) is 34.8 Å². The molecule has 0 fully saturated rings. The van der Waals surface area contributed by atoms with Gasteiger partial charge >= 0.3 is 12.5 Å². The van der Waals surface area contributed by atoms with E-state index in [1.165, 1.54) is 55.6 Å². The number of rotatable bonds is 6. The van der Waals surface area contributed by atoms with Crippen LogP contribution < -0.4 is 4.74 Å². The number of hydrogen-bond acceptors (Lipinski definition) is 6. The Hall–Kier alpha value is -4.73. The minimum absolute atomic E-state index is 0.0589. The molecule has 2 aromatic heterocycles. The number of thiol groups is 1. The van der Waals surface area contributed by atoms with E-state index in [-0.39, 0.29) is 38.8 Å². The zero-order valence-corrected chi connectivity index (χ0v) is 21.9. The predicted octanol–water partition coefficient (Wildman–Crippen LogP) is 6.12. The molecule has 0 aliphatic rings. The van der Waals surface area contributed by atoms with Crippen LogP contribution in [0, 0.1) is 12.7 Å². The Balaban J connectivity index is 1.72. The Morgan fingerprint density at radius 2 is 1.60 bits per heavy atom. The molecule has 218 valence electrons. The van der Waals surface area contributed by atoms with Gasteiger partial charge in [0.15, 0.2) is 16.4 Å². The molecule has 5 aromatic rings. The SMILES string of the molecule is Cc1nc(C(F)(F)F)cn1-c1c(F)cc(-c2cccc([SH](=O)=O)c2)cc1-n1nncc1-c1ccc(OC(F)(F)F)cc1. The van der Waals surface area contributed by atoms with Crippen molar-refractivity contribution in [3.8, 4) is 39.5 Å². The molecule has 3 aromatic carbocycles. The summed E-state index contributed by atoms with van der Waals surface area (Å²) < 4.78 is 123. The quantitative estimate of drug-likeness (QED) is 0.184. The van der Waals surface area contributed by atoms with Crippen LogP contribution in [0.15, 0.2) is 78.0 Å². The van der Waals surface area contributed by atoms with E-state index in [0.717, 1.165) is 27.4 Å². The van der Waals surface area contributed by atoms with Crippen molar-refractivity contribution < 1.29 is 43.9 Å². The van der Waals surface area contributed by atoms with E-state index in [2.05, 4.69) is 20.0 Å². The number of halogens is 7. The zero-order chi connectivity index (χ0) is 30.4. The lowest BCUT2D eigenvalue weighted by atomic mass is 10.0. The van der Waals surface area contributed by atoms with Crippen LogP contribution >= 0.6 is 0 Å². The van der Waals surface area contributed by atoms with Gasteiger partial charge in [-0.15, -0.1) is 18.3 Å². The molecule has 5 rings (SSSR count). The first-order valence-corrected chi connectivity index (χ1v) is 12.9. The van der Waals surface area contributed by atoms with E-state index < -0.39 is 46.2 Å². The van der Waals surface area contributed by atoms with Crippen molar-refractivity contribution in [2.24, 2.45) is 0 Å². The number of aromatic nitrogens is 5. The van der Waals surface area contributed by atoms with Crippen LogP contribution in [0.3, 0.4) is 0 Å². The lowest BCUT2D eigenvalue weighted by Gasteiger charge is -2.17.